The van der Waals surface area contributed by atoms with E-state index < -0.39 is 10.1 Å². The summed E-state index contributed by atoms with van der Waals surface area (Å²) in [5.41, 5.74) is 1.91. The maximum absolute atomic E-state index is 12.8. The van der Waals surface area contributed by atoms with E-state index in [1.54, 1.807) is 25.1 Å². The van der Waals surface area contributed by atoms with Crippen LogP contribution in [0.25, 0.3) is 0 Å². The van der Waals surface area contributed by atoms with Gasteiger partial charge in [0.15, 0.2) is 4.90 Å². The van der Waals surface area contributed by atoms with Crippen LogP contribution in [0.1, 0.15) is 31.9 Å². The zero-order valence-corrected chi connectivity index (χ0v) is 15.9. The highest BCUT2D eigenvalue weighted by Crippen LogP contribution is 2.33. The summed E-state index contributed by atoms with van der Waals surface area (Å²) in [6.45, 7) is 8.30. The lowest BCUT2D eigenvalue weighted by Crippen LogP contribution is -2.12. The molecule has 0 aromatic heterocycles. The van der Waals surface area contributed by atoms with Crippen LogP contribution < -0.4 is 13.7 Å². The Morgan fingerprint density at radius 1 is 0.880 bits per heavy atom. The number of benzene rings is 2. The Morgan fingerprint density at radius 2 is 1.48 bits per heavy atom. The average molecular weight is 364 g/mol. The first kappa shape index (κ1) is 19.1. The van der Waals surface area contributed by atoms with Gasteiger partial charge in [-0.1, -0.05) is 19.1 Å². The molecule has 2 aromatic rings. The first-order chi connectivity index (χ1) is 11.9. The third-order valence-electron chi connectivity index (χ3n) is 3.65. The van der Waals surface area contributed by atoms with Crippen molar-refractivity contribution in [3.8, 4) is 17.2 Å². The minimum Gasteiger partial charge on any atom is -0.494 e. The van der Waals surface area contributed by atoms with Gasteiger partial charge in [-0.05, 0) is 56.5 Å². The van der Waals surface area contributed by atoms with E-state index in [9.17, 15) is 8.42 Å². The van der Waals surface area contributed by atoms with Gasteiger partial charge in [0, 0.05) is 6.07 Å². The summed E-state index contributed by atoms with van der Waals surface area (Å²) in [4.78, 5) is -0.0389. The zero-order chi connectivity index (χ0) is 18.4. The van der Waals surface area contributed by atoms with Crippen molar-refractivity contribution in [1.29, 1.82) is 0 Å². The van der Waals surface area contributed by atoms with E-state index in [1.165, 1.54) is 6.07 Å². The van der Waals surface area contributed by atoms with E-state index in [2.05, 4.69) is 0 Å². The van der Waals surface area contributed by atoms with Crippen molar-refractivity contribution >= 4 is 10.1 Å². The fourth-order valence-corrected chi connectivity index (χ4v) is 3.44. The van der Waals surface area contributed by atoms with Gasteiger partial charge in [0.25, 0.3) is 0 Å². The summed E-state index contributed by atoms with van der Waals surface area (Å²) in [6, 6.07) is 10.1. The van der Waals surface area contributed by atoms with Crippen LogP contribution in [0, 0.1) is 6.92 Å². The first-order valence-electron chi connectivity index (χ1n) is 8.34. The maximum atomic E-state index is 12.8. The van der Waals surface area contributed by atoms with Crippen molar-refractivity contribution in [1.82, 2.24) is 0 Å². The number of aryl methyl sites for hydroxylation is 2. The van der Waals surface area contributed by atoms with Gasteiger partial charge in [-0.15, -0.1) is 0 Å². The Morgan fingerprint density at radius 3 is 2.04 bits per heavy atom. The molecule has 0 aliphatic heterocycles. The number of ether oxygens (including phenoxy) is 2. The summed E-state index contributed by atoms with van der Waals surface area (Å²) >= 11 is 0. The summed E-state index contributed by atoms with van der Waals surface area (Å²) in [7, 11) is -4.05. The molecule has 0 aliphatic rings. The lowest BCUT2D eigenvalue weighted by molar-refractivity contribution is 0.319. The SMILES string of the molecule is CCOc1cc(S(=O)(=O)Oc2ccc(CC)cc2)c(OCC)cc1C. The quantitative estimate of drug-likeness (QED) is 0.659. The van der Waals surface area contributed by atoms with Crippen molar-refractivity contribution < 1.29 is 22.1 Å². The number of rotatable bonds is 8. The molecule has 136 valence electrons. The molecular formula is C19H24O5S. The van der Waals surface area contributed by atoms with Crippen LogP contribution in [0.15, 0.2) is 41.3 Å². The molecular weight excluding hydrogens is 340 g/mol. The van der Waals surface area contributed by atoms with Gasteiger partial charge in [-0.2, -0.15) is 8.42 Å². The summed E-state index contributed by atoms with van der Waals surface area (Å²) in [5.74, 6) is 1.02. The Balaban J connectivity index is 2.42. The number of hydrogen-bond acceptors (Lipinski definition) is 5. The van der Waals surface area contributed by atoms with Gasteiger partial charge in [-0.25, -0.2) is 0 Å². The summed E-state index contributed by atoms with van der Waals surface area (Å²) in [5, 5.41) is 0. The zero-order valence-electron chi connectivity index (χ0n) is 15.0. The van der Waals surface area contributed by atoms with Crippen LogP contribution in [0.4, 0.5) is 0 Å². The van der Waals surface area contributed by atoms with Crippen LogP contribution in [0.2, 0.25) is 0 Å². The lowest BCUT2D eigenvalue weighted by atomic mass is 10.2. The lowest BCUT2D eigenvalue weighted by Gasteiger charge is -2.15. The van der Waals surface area contributed by atoms with Crippen LogP contribution in [-0.2, 0) is 16.5 Å². The molecule has 0 bridgehead atoms. The van der Waals surface area contributed by atoms with Crippen molar-refractivity contribution in [3.63, 3.8) is 0 Å². The second kappa shape index (κ2) is 8.25. The molecule has 0 aliphatic carbocycles. The normalized spacial score (nSPS) is 11.2. The molecule has 0 atom stereocenters. The average Bonchev–Trinajstić information content (AvgIpc) is 2.58. The molecule has 0 amide bonds. The van der Waals surface area contributed by atoms with E-state index in [1.807, 2.05) is 32.9 Å². The van der Waals surface area contributed by atoms with Crippen molar-refractivity contribution in [2.75, 3.05) is 13.2 Å². The van der Waals surface area contributed by atoms with Crippen LogP contribution >= 0.6 is 0 Å². The summed E-state index contributed by atoms with van der Waals surface area (Å²) < 4.78 is 41.8. The predicted octanol–water partition coefficient (Wildman–Crippen LogP) is 4.12. The second-order valence-corrected chi connectivity index (χ2v) is 6.98. The molecule has 0 unspecified atom stereocenters. The minimum absolute atomic E-state index is 0.0389. The molecule has 0 saturated heterocycles. The predicted molar refractivity (Wildman–Crippen MR) is 97.2 cm³/mol. The van der Waals surface area contributed by atoms with Crippen LogP contribution in [0.3, 0.4) is 0 Å². The van der Waals surface area contributed by atoms with E-state index in [-0.39, 0.29) is 16.4 Å². The third kappa shape index (κ3) is 4.66. The standard InChI is InChI=1S/C19H24O5S/c1-5-15-8-10-16(11-9-15)24-25(20,21)19-13-17(22-6-2)14(4)12-18(19)23-7-3/h8-13H,5-7H2,1-4H3. The van der Waals surface area contributed by atoms with Crippen LogP contribution in [-0.4, -0.2) is 21.6 Å². The molecule has 25 heavy (non-hydrogen) atoms. The summed E-state index contributed by atoms with van der Waals surface area (Å²) in [6.07, 6.45) is 0.872. The monoisotopic (exact) mass is 364 g/mol. The highest BCUT2D eigenvalue weighted by Gasteiger charge is 2.24. The molecule has 2 aromatic carbocycles. The van der Waals surface area contributed by atoms with Gasteiger partial charge in [-0.3, -0.25) is 0 Å². The highest BCUT2D eigenvalue weighted by atomic mass is 32.2. The Kier molecular flexibility index (Phi) is 6.31. The fourth-order valence-electron chi connectivity index (χ4n) is 2.37. The molecule has 0 spiro atoms. The molecule has 6 heteroatoms. The molecule has 2 rings (SSSR count). The fraction of sp³-hybridized carbons (Fsp3) is 0.368. The largest absolute Gasteiger partial charge is 0.494 e. The van der Waals surface area contributed by atoms with E-state index >= 15 is 0 Å². The molecule has 0 N–H and O–H groups in total. The first-order valence-corrected chi connectivity index (χ1v) is 9.75. The van der Waals surface area contributed by atoms with Gasteiger partial charge in [0.05, 0.1) is 13.2 Å². The van der Waals surface area contributed by atoms with E-state index in [0.29, 0.717) is 19.0 Å². The third-order valence-corrected chi connectivity index (χ3v) is 4.92. The number of hydrogen-bond donors (Lipinski definition) is 0. The Bertz CT molecular complexity index is 810. The maximum Gasteiger partial charge on any atom is 0.343 e. The molecule has 5 nitrogen and oxygen atoms in total. The Labute approximate surface area is 149 Å². The van der Waals surface area contributed by atoms with Crippen molar-refractivity contribution in [3.05, 3.63) is 47.5 Å². The van der Waals surface area contributed by atoms with Crippen LogP contribution in [0.5, 0.6) is 17.2 Å². The molecule has 0 radical (unpaired) electrons. The van der Waals surface area contributed by atoms with Crippen molar-refractivity contribution in [2.45, 2.75) is 39.0 Å². The smallest absolute Gasteiger partial charge is 0.343 e. The van der Waals surface area contributed by atoms with Gasteiger partial charge in [0.1, 0.15) is 17.2 Å². The Hall–Kier alpha value is -2.21. The topological polar surface area (TPSA) is 61.8 Å². The van der Waals surface area contributed by atoms with Crippen molar-refractivity contribution in [2.24, 2.45) is 0 Å². The van der Waals surface area contributed by atoms with Gasteiger partial charge in [0.2, 0.25) is 0 Å². The minimum atomic E-state index is -4.05. The van der Waals surface area contributed by atoms with E-state index in [0.717, 1.165) is 17.5 Å². The van der Waals surface area contributed by atoms with Gasteiger partial charge >= 0.3 is 10.1 Å². The highest BCUT2D eigenvalue weighted by molar-refractivity contribution is 7.87. The molecule has 0 fully saturated rings. The molecule has 0 heterocycles. The molecule has 0 saturated carbocycles. The van der Waals surface area contributed by atoms with Gasteiger partial charge < -0.3 is 13.7 Å². The second-order valence-electron chi connectivity index (χ2n) is 5.47. The van der Waals surface area contributed by atoms with E-state index in [4.69, 9.17) is 13.7 Å².